The molecule has 26 heavy (non-hydrogen) atoms. The molecule has 1 saturated heterocycles. The number of amides is 1. The number of thiophene rings is 1. The lowest BCUT2D eigenvalue weighted by atomic mass is 9.98. The molecule has 7 heteroatoms. The van der Waals surface area contributed by atoms with Crippen molar-refractivity contribution in [1.82, 2.24) is 15.1 Å². The van der Waals surface area contributed by atoms with Crippen molar-refractivity contribution in [3.05, 3.63) is 57.0 Å². The molecule has 0 spiro atoms. The van der Waals surface area contributed by atoms with Crippen LogP contribution in [0.25, 0.3) is 10.6 Å². The molecule has 2 aromatic heterocycles. The van der Waals surface area contributed by atoms with Crippen LogP contribution in [-0.2, 0) is 0 Å². The van der Waals surface area contributed by atoms with Gasteiger partial charge in [0, 0.05) is 24.6 Å². The number of piperidine rings is 1. The van der Waals surface area contributed by atoms with E-state index in [-0.39, 0.29) is 17.6 Å². The fraction of sp³-hybridized carbons (Fsp3) is 0.316. The number of benzene rings is 1. The molecule has 4 nitrogen and oxygen atoms in total. The van der Waals surface area contributed by atoms with E-state index in [0.29, 0.717) is 17.1 Å². The van der Waals surface area contributed by atoms with Gasteiger partial charge in [-0.2, -0.15) is 0 Å². The Morgan fingerprint density at radius 2 is 2.15 bits per heavy atom. The Balaban J connectivity index is 1.52. The normalized spacial score (nSPS) is 17.5. The zero-order chi connectivity index (χ0) is 18.1. The fourth-order valence-electron chi connectivity index (χ4n) is 3.21. The molecule has 1 amide bonds. The summed E-state index contributed by atoms with van der Waals surface area (Å²) in [6.07, 6.45) is 1.91. The highest BCUT2D eigenvalue weighted by molar-refractivity contribution is 7.14. The van der Waals surface area contributed by atoms with Gasteiger partial charge in [-0.15, -0.1) is 21.5 Å². The molecule has 0 unspecified atom stereocenters. The predicted octanol–water partition coefficient (Wildman–Crippen LogP) is 4.73. The van der Waals surface area contributed by atoms with Crippen molar-refractivity contribution in [2.75, 3.05) is 13.1 Å². The van der Waals surface area contributed by atoms with E-state index < -0.39 is 0 Å². The number of hydrogen-bond donors (Lipinski definition) is 0. The summed E-state index contributed by atoms with van der Waals surface area (Å²) in [5, 5.41) is 11.9. The number of carbonyl (C=O) groups is 1. The third kappa shape index (κ3) is 3.41. The first-order valence-corrected chi connectivity index (χ1v) is 10.2. The van der Waals surface area contributed by atoms with E-state index in [1.165, 1.54) is 28.7 Å². The van der Waals surface area contributed by atoms with Gasteiger partial charge in [0.25, 0.3) is 5.91 Å². The van der Waals surface area contributed by atoms with Gasteiger partial charge >= 0.3 is 0 Å². The van der Waals surface area contributed by atoms with Crippen LogP contribution in [0.5, 0.6) is 0 Å². The van der Waals surface area contributed by atoms with E-state index in [1.54, 1.807) is 18.2 Å². The lowest BCUT2D eigenvalue weighted by molar-refractivity contribution is 0.0711. The molecule has 0 N–H and O–H groups in total. The summed E-state index contributed by atoms with van der Waals surface area (Å²) >= 11 is 2.92. The number of aryl methyl sites for hydroxylation is 1. The van der Waals surface area contributed by atoms with Crippen molar-refractivity contribution in [3.63, 3.8) is 0 Å². The number of hydrogen-bond acceptors (Lipinski definition) is 5. The summed E-state index contributed by atoms with van der Waals surface area (Å²) < 4.78 is 14.0. The summed E-state index contributed by atoms with van der Waals surface area (Å²) in [7, 11) is 0. The third-order valence-corrected chi connectivity index (χ3v) is 6.70. The van der Waals surface area contributed by atoms with Crippen molar-refractivity contribution in [2.45, 2.75) is 25.7 Å². The van der Waals surface area contributed by atoms with Crippen LogP contribution in [0.2, 0.25) is 0 Å². The fourth-order valence-corrected chi connectivity index (χ4v) is 5.07. The van der Waals surface area contributed by atoms with Gasteiger partial charge in [-0.1, -0.05) is 23.5 Å². The van der Waals surface area contributed by atoms with E-state index in [9.17, 15) is 9.18 Å². The minimum Gasteiger partial charge on any atom is -0.337 e. The molecule has 3 heterocycles. The summed E-state index contributed by atoms with van der Waals surface area (Å²) in [5.74, 6) is -0.0397. The van der Waals surface area contributed by atoms with Crippen LogP contribution in [-0.4, -0.2) is 34.1 Å². The summed E-state index contributed by atoms with van der Waals surface area (Å²) in [5.41, 5.74) is 1.60. The number of rotatable bonds is 3. The Morgan fingerprint density at radius 1 is 1.31 bits per heavy atom. The Labute approximate surface area is 159 Å². The summed E-state index contributed by atoms with van der Waals surface area (Å²) in [6.45, 7) is 3.41. The van der Waals surface area contributed by atoms with Crippen LogP contribution in [0.15, 0.2) is 35.7 Å². The summed E-state index contributed by atoms with van der Waals surface area (Å²) in [4.78, 5) is 15.4. The van der Waals surface area contributed by atoms with Crippen molar-refractivity contribution < 1.29 is 9.18 Å². The minimum atomic E-state index is -0.288. The van der Waals surface area contributed by atoms with Crippen molar-refractivity contribution >= 4 is 28.6 Å². The van der Waals surface area contributed by atoms with Crippen molar-refractivity contribution in [2.24, 2.45) is 0 Å². The molecule has 0 aliphatic carbocycles. The topological polar surface area (TPSA) is 46.1 Å². The first-order chi connectivity index (χ1) is 12.6. The summed E-state index contributed by atoms with van der Waals surface area (Å²) in [6, 6.07) is 8.55. The first-order valence-electron chi connectivity index (χ1n) is 8.54. The lowest BCUT2D eigenvalue weighted by Gasteiger charge is -2.31. The highest BCUT2D eigenvalue weighted by Gasteiger charge is 2.28. The van der Waals surface area contributed by atoms with Gasteiger partial charge in [0.05, 0.1) is 4.88 Å². The predicted molar refractivity (Wildman–Crippen MR) is 102 cm³/mol. The zero-order valence-corrected chi connectivity index (χ0v) is 15.9. The number of halogens is 1. The Hall–Kier alpha value is -2.12. The molecule has 1 aliphatic rings. The van der Waals surface area contributed by atoms with Crippen molar-refractivity contribution in [3.8, 4) is 10.6 Å². The molecule has 4 rings (SSSR count). The van der Waals surface area contributed by atoms with E-state index in [4.69, 9.17) is 0 Å². The van der Waals surface area contributed by atoms with Gasteiger partial charge in [0.2, 0.25) is 0 Å². The minimum absolute atomic E-state index is 0.0895. The van der Waals surface area contributed by atoms with Gasteiger partial charge in [-0.05, 0) is 48.9 Å². The maximum absolute atomic E-state index is 14.0. The lowest BCUT2D eigenvalue weighted by Crippen LogP contribution is -2.38. The molecule has 0 saturated carbocycles. The third-order valence-electron chi connectivity index (χ3n) is 4.54. The van der Waals surface area contributed by atoms with Crippen LogP contribution in [0.1, 0.15) is 39.0 Å². The number of aromatic nitrogens is 2. The van der Waals surface area contributed by atoms with Gasteiger partial charge in [0.1, 0.15) is 10.8 Å². The quantitative estimate of drug-likeness (QED) is 0.652. The Morgan fingerprint density at radius 3 is 2.92 bits per heavy atom. The van der Waals surface area contributed by atoms with Gasteiger partial charge in [-0.25, -0.2) is 4.39 Å². The van der Waals surface area contributed by atoms with Gasteiger partial charge in [0.15, 0.2) is 5.01 Å². The van der Waals surface area contributed by atoms with E-state index >= 15 is 0 Å². The first kappa shape index (κ1) is 17.3. The average Bonchev–Trinajstić information content (AvgIpc) is 3.31. The second-order valence-corrected chi connectivity index (χ2v) is 8.42. The standard InChI is InChI=1S/C19H18FN3OS2/c1-12-9-16(25-11-12)19(24)23-8-4-5-13(10-23)17-21-22-18(26-17)14-6-2-3-7-15(14)20/h2-3,6-7,9,11,13H,4-5,8,10H2,1H3/t13-/m1/s1. The molecule has 1 aliphatic heterocycles. The van der Waals surface area contributed by atoms with Gasteiger partial charge < -0.3 is 4.90 Å². The average molecular weight is 388 g/mol. The molecule has 1 fully saturated rings. The zero-order valence-electron chi connectivity index (χ0n) is 14.3. The van der Waals surface area contributed by atoms with E-state index in [0.717, 1.165) is 34.8 Å². The number of likely N-dealkylation sites (tertiary alicyclic amines) is 1. The number of carbonyl (C=O) groups excluding carboxylic acids is 1. The molecule has 1 atom stereocenters. The molecule has 0 radical (unpaired) electrons. The largest absolute Gasteiger partial charge is 0.337 e. The molecule has 0 bridgehead atoms. The second-order valence-electron chi connectivity index (χ2n) is 6.50. The monoisotopic (exact) mass is 387 g/mol. The van der Waals surface area contributed by atoms with Crippen LogP contribution in [0.4, 0.5) is 4.39 Å². The number of nitrogens with zero attached hydrogens (tertiary/aromatic N) is 3. The van der Waals surface area contributed by atoms with Crippen molar-refractivity contribution in [1.29, 1.82) is 0 Å². The molecule has 3 aromatic rings. The Bertz CT molecular complexity index is 936. The second kappa shape index (κ2) is 7.25. The van der Waals surface area contributed by atoms with Crippen LogP contribution >= 0.6 is 22.7 Å². The van der Waals surface area contributed by atoms with E-state index in [1.807, 2.05) is 23.3 Å². The Kier molecular flexibility index (Phi) is 4.82. The maximum Gasteiger partial charge on any atom is 0.263 e. The van der Waals surface area contributed by atoms with Gasteiger partial charge in [-0.3, -0.25) is 4.79 Å². The molecular weight excluding hydrogens is 369 g/mol. The van der Waals surface area contributed by atoms with Crippen LogP contribution in [0, 0.1) is 12.7 Å². The van der Waals surface area contributed by atoms with E-state index in [2.05, 4.69) is 10.2 Å². The highest BCUT2D eigenvalue weighted by atomic mass is 32.1. The highest BCUT2D eigenvalue weighted by Crippen LogP contribution is 2.34. The van der Waals surface area contributed by atoms with Crippen LogP contribution < -0.4 is 0 Å². The van der Waals surface area contributed by atoms with Crippen LogP contribution in [0.3, 0.4) is 0 Å². The smallest absolute Gasteiger partial charge is 0.263 e. The molecular formula is C19H18FN3OS2. The SMILES string of the molecule is Cc1csc(C(=O)N2CCC[C@@H](c3nnc(-c4ccccc4F)s3)C2)c1. The molecule has 134 valence electrons. The molecule has 1 aromatic carbocycles. The maximum atomic E-state index is 14.0.